The van der Waals surface area contributed by atoms with E-state index in [0.717, 1.165) is 22.2 Å². The first-order valence-electron chi connectivity index (χ1n) is 6.88. The fraction of sp³-hybridized carbons (Fsp3) is 0.714. The maximum Gasteiger partial charge on any atom is 0.186 e. The van der Waals surface area contributed by atoms with Crippen LogP contribution in [0.2, 0.25) is 0 Å². The zero-order valence-corrected chi connectivity index (χ0v) is 12.3. The third kappa shape index (κ3) is 2.74. The normalized spacial score (nSPS) is 20.2. The first-order valence-corrected chi connectivity index (χ1v) is 7.70. The van der Waals surface area contributed by atoms with E-state index in [0.29, 0.717) is 6.04 Å². The van der Waals surface area contributed by atoms with Gasteiger partial charge in [0.2, 0.25) is 0 Å². The molecule has 1 saturated heterocycles. The van der Waals surface area contributed by atoms with Gasteiger partial charge in [-0.2, -0.15) is 0 Å². The lowest BCUT2D eigenvalue weighted by Crippen LogP contribution is -2.39. The summed E-state index contributed by atoms with van der Waals surface area (Å²) in [5, 5.41) is 1.05. The van der Waals surface area contributed by atoms with Gasteiger partial charge in [-0.1, -0.05) is 24.7 Å². The van der Waals surface area contributed by atoms with E-state index in [1.54, 1.807) is 18.3 Å². The summed E-state index contributed by atoms with van der Waals surface area (Å²) >= 11 is 1.57. The van der Waals surface area contributed by atoms with Gasteiger partial charge in [0, 0.05) is 19.5 Å². The van der Waals surface area contributed by atoms with Crippen LogP contribution >= 0.6 is 11.3 Å². The Balaban J connectivity index is 2.22. The second-order valence-corrected chi connectivity index (χ2v) is 6.08. The van der Waals surface area contributed by atoms with Crippen LogP contribution in [0.15, 0.2) is 0 Å². The summed E-state index contributed by atoms with van der Waals surface area (Å²) in [6.07, 6.45) is 6.28. The van der Waals surface area contributed by atoms with Gasteiger partial charge in [-0.05, 0) is 32.6 Å². The Kier molecular flexibility index (Phi) is 4.38. The number of carbonyl (C=O) groups is 1. The molecule has 0 spiro atoms. The maximum absolute atomic E-state index is 11.5. The minimum absolute atomic E-state index is 0.139. The number of nitrogens with zero attached hydrogens (tertiary/aromatic N) is 2. The Bertz CT molecular complexity index is 425. The Morgan fingerprint density at radius 2 is 2.28 bits per heavy atom. The van der Waals surface area contributed by atoms with Crippen LogP contribution in [0.4, 0.5) is 5.13 Å². The van der Waals surface area contributed by atoms with Crippen molar-refractivity contribution in [2.24, 2.45) is 0 Å². The van der Waals surface area contributed by atoms with Crippen molar-refractivity contribution in [2.75, 3.05) is 11.4 Å². The molecule has 1 atom stereocenters. The topological polar surface area (TPSA) is 33.2 Å². The Labute approximate surface area is 113 Å². The number of thiazole rings is 1. The summed E-state index contributed by atoms with van der Waals surface area (Å²) in [6.45, 7) is 6.90. The second-order valence-electron chi connectivity index (χ2n) is 5.10. The van der Waals surface area contributed by atoms with Crippen molar-refractivity contribution in [1.29, 1.82) is 0 Å². The van der Waals surface area contributed by atoms with Crippen molar-refractivity contribution in [1.82, 2.24) is 4.98 Å². The van der Waals surface area contributed by atoms with E-state index in [4.69, 9.17) is 0 Å². The molecular formula is C14H22N2OS. The highest BCUT2D eigenvalue weighted by molar-refractivity contribution is 7.17. The maximum atomic E-state index is 11.5. The van der Waals surface area contributed by atoms with Crippen LogP contribution in [0.1, 0.15) is 61.3 Å². The van der Waals surface area contributed by atoms with Gasteiger partial charge in [0.15, 0.2) is 10.9 Å². The van der Waals surface area contributed by atoms with Crippen molar-refractivity contribution in [3.05, 3.63) is 10.6 Å². The van der Waals surface area contributed by atoms with Gasteiger partial charge in [0.1, 0.15) is 0 Å². The molecule has 0 N–H and O–H groups in total. The number of Topliss-reactive ketones (excluding diaryl/α,β-unsaturated/α-hetero) is 1. The van der Waals surface area contributed by atoms with Gasteiger partial charge in [-0.3, -0.25) is 4.79 Å². The van der Waals surface area contributed by atoms with Crippen LogP contribution in [-0.4, -0.2) is 23.4 Å². The summed E-state index contributed by atoms with van der Waals surface area (Å²) in [7, 11) is 0. The molecule has 3 nitrogen and oxygen atoms in total. The highest BCUT2D eigenvalue weighted by Gasteiger charge is 2.25. The van der Waals surface area contributed by atoms with Crippen LogP contribution in [0.3, 0.4) is 0 Å². The van der Waals surface area contributed by atoms with E-state index >= 15 is 0 Å². The van der Waals surface area contributed by atoms with Gasteiger partial charge in [0.05, 0.1) is 10.6 Å². The highest BCUT2D eigenvalue weighted by Crippen LogP contribution is 2.32. The lowest BCUT2D eigenvalue weighted by atomic mass is 9.99. The highest BCUT2D eigenvalue weighted by atomic mass is 32.1. The number of carbonyl (C=O) groups excluding carboxylic acids is 1. The molecular weight excluding hydrogens is 244 g/mol. The smallest absolute Gasteiger partial charge is 0.186 e. The first kappa shape index (κ1) is 13.5. The van der Waals surface area contributed by atoms with Crippen LogP contribution in [0.25, 0.3) is 0 Å². The number of piperidine rings is 1. The van der Waals surface area contributed by atoms with Crippen molar-refractivity contribution in [2.45, 2.75) is 58.9 Å². The molecule has 1 aromatic rings. The number of aryl methyl sites for hydroxylation is 1. The third-order valence-corrected chi connectivity index (χ3v) is 4.90. The fourth-order valence-corrected chi connectivity index (χ4v) is 3.78. The Morgan fingerprint density at radius 3 is 2.89 bits per heavy atom. The average molecular weight is 266 g/mol. The largest absolute Gasteiger partial charge is 0.345 e. The molecule has 4 heteroatoms. The molecule has 0 amide bonds. The zero-order valence-electron chi connectivity index (χ0n) is 11.5. The fourth-order valence-electron chi connectivity index (χ4n) is 2.72. The summed E-state index contributed by atoms with van der Waals surface area (Å²) in [5.74, 6) is 0.139. The summed E-state index contributed by atoms with van der Waals surface area (Å²) < 4.78 is 0. The van der Waals surface area contributed by atoms with Crippen LogP contribution in [0, 0.1) is 6.92 Å². The van der Waals surface area contributed by atoms with Crippen molar-refractivity contribution < 1.29 is 4.79 Å². The van der Waals surface area contributed by atoms with Gasteiger partial charge >= 0.3 is 0 Å². The number of ketones is 1. The molecule has 0 radical (unpaired) electrons. The molecule has 18 heavy (non-hydrogen) atoms. The van der Waals surface area contributed by atoms with E-state index < -0.39 is 0 Å². The van der Waals surface area contributed by atoms with E-state index in [9.17, 15) is 4.79 Å². The minimum Gasteiger partial charge on any atom is -0.345 e. The van der Waals surface area contributed by atoms with E-state index in [-0.39, 0.29) is 5.78 Å². The second kappa shape index (κ2) is 5.83. The number of hydrogen-bond donors (Lipinski definition) is 0. The van der Waals surface area contributed by atoms with E-state index in [2.05, 4.69) is 16.8 Å². The van der Waals surface area contributed by atoms with Gasteiger partial charge in [-0.15, -0.1) is 0 Å². The van der Waals surface area contributed by atoms with E-state index in [1.165, 1.54) is 32.1 Å². The zero-order chi connectivity index (χ0) is 13.1. The van der Waals surface area contributed by atoms with Gasteiger partial charge in [0.25, 0.3) is 0 Å². The monoisotopic (exact) mass is 266 g/mol. The summed E-state index contributed by atoms with van der Waals surface area (Å²) in [4.78, 5) is 19.4. The molecule has 0 saturated carbocycles. The standard InChI is InChI=1S/C14H22N2OS/c1-4-7-12-8-5-6-9-16(12)14-15-10(2)13(18-14)11(3)17/h12H,4-9H2,1-3H3. The predicted molar refractivity (Wildman–Crippen MR) is 76.7 cm³/mol. The van der Waals surface area contributed by atoms with Crippen LogP contribution in [-0.2, 0) is 0 Å². The lowest BCUT2D eigenvalue weighted by Gasteiger charge is -2.35. The molecule has 1 aliphatic rings. The molecule has 1 unspecified atom stereocenters. The Morgan fingerprint density at radius 1 is 1.50 bits per heavy atom. The number of aromatic nitrogens is 1. The van der Waals surface area contributed by atoms with Crippen molar-refractivity contribution in [3.8, 4) is 0 Å². The average Bonchev–Trinajstić information content (AvgIpc) is 2.72. The molecule has 0 aliphatic carbocycles. The molecule has 0 aromatic carbocycles. The van der Waals surface area contributed by atoms with E-state index in [1.807, 2.05) is 6.92 Å². The quantitative estimate of drug-likeness (QED) is 0.777. The van der Waals surface area contributed by atoms with Crippen molar-refractivity contribution in [3.63, 3.8) is 0 Å². The molecule has 2 rings (SSSR count). The third-order valence-electron chi connectivity index (χ3n) is 3.60. The van der Waals surface area contributed by atoms with Gasteiger partial charge in [-0.25, -0.2) is 4.98 Å². The minimum atomic E-state index is 0.139. The molecule has 100 valence electrons. The number of anilines is 1. The lowest BCUT2D eigenvalue weighted by molar-refractivity contribution is 0.102. The molecule has 1 fully saturated rings. The summed E-state index contributed by atoms with van der Waals surface area (Å²) in [6, 6.07) is 0.620. The predicted octanol–water partition coefficient (Wildman–Crippen LogP) is 3.81. The first-order chi connectivity index (χ1) is 8.63. The SMILES string of the molecule is CCCC1CCCCN1c1nc(C)c(C(C)=O)s1. The summed E-state index contributed by atoms with van der Waals surface area (Å²) in [5.41, 5.74) is 0.892. The number of hydrogen-bond acceptors (Lipinski definition) is 4. The van der Waals surface area contributed by atoms with Crippen LogP contribution in [0.5, 0.6) is 0 Å². The van der Waals surface area contributed by atoms with Crippen LogP contribution < -0.4 is 4.90 Å². The Hall–Kier alpha value is -0.900. The molecule has 1 aromatic heterocycles. The van der Waals surface area contributed by atoms with Gasteiger partial charge < -0.3 is 4.90 Å². The molecule has 0 bridgehead atoms. The molecule has 1 aliphatic heterocycles. The molecule has 2 heterocycles. The van der Waals surface area contributed by atoms with Crippen molar-refractivity contribution >= 4 is 22.3 Å². The number of rotatable bonds is 4.